The van der Waals surface area contributed by atoms with Crippen molar-refractivity contribution in [2.75, 3.05) is 0 Å². The number of hydrogen-bond acceptors (Lipinski definition) is 5. The van der Waals surface area contributed by atoms with Gasteiger partial charge in [0.1, 0.15) is 12.2 Å². The Kier molecular flexibility index (Phi) is 5.78. The summed E-state index contributed by atoms with van der Waals surface area (Å²) >= 11 is 0. The highest BCUT2D eigenvalue weighted by atomic mass is 16.3. The molecule has 1 N–H and O–H groups in total. The van der Waals surface area contributed by atoms with Crippen LogP contribution in [0.5, 0.6) is 0 Å². The monoisotopic (exact) mass is 378 g/mol. The predicted molar refractivity (Wildman–Crippen MR) is 106 cm³/mol. The van der Waals surface area contributed by atoms with Gasteiger partial charge in [-0.3, -0.25) is 9.78 Å². The Morgan fingerprint density at radius 2 is 1.96 bits per heavy atom. The first-order valence-electron chi connectivity index (χ1n) is 8.89. The average Bonchev–Trinajstić information content (AvgIpc) is 3.28. The molecule has 144 valence electrons. The van der Waals surface area contributed by atoms with Gasteiger partial charge in [-0.15, -0.1) is 0 Å². The van der Waals surface area contributed by atoms with Crippen LogP contribution in [-0.4, -0.2) is 40.9 Å². The molecule has 28 heavy (non-hydrogen) atoms. The number of aromatic nitrogens is 6. The van der Waals surface area contributed by atoms with Crippen LogP contribution in [0.3, 0.4) is 0 Å². The van der Waals surface area contributed by atoms with E-state index in [2.05, 4.69) is 45.6 Å². The number of fused-ring (bicyclic) bond motifs is 1. The van der Waals surface area contributed by atoms with E-state index < -0.39 is 0 Å². The summed E-state index contributed by atoms with van der Waals surface area (Å²) in [6.45, 7) is 6.72. The summed E-state index contributed by atoms with van der Waals surface area (Å²) in [6, 6.07) is 10.2. The lowest BCUT2D eigenvalue weighted by atomic mass is 10.2. The molecule has 3 heterocycles. The molecule has 0 spiro atoms. The minimum absolute atomic E-state index is 0.250. The third-order valence-electron chi connectivity index (χ3n) is 4.34. The number of rotatable bonds is 4. The molecule has 0 saturated heterocycles. The van der Waals surface area contributed by atoms with E-state index in [-0.39, 0.29) is 6.47 Å². The van der Waals surface area contributed by atoms with E-state index >= 15 is 0 Å². The second-order valence-corrected chi connectivity index (χ2v) is 6.56. The smallest absolute Gasteiger partial charge is 0.290 e. The third-order valence-corrected chi connectivity index (χ3v) is 4.34. The molecule has 0 fully saturated rings. The van der Waals surface area contributed by atoms with Crippen molar-refractivity contribution < 1.29 is 9.90 Å². The van der Waals surface area contributed by atoms with Crippen LogP contribution in [0.25, 0.3) is 16.7 Å². The molecule has 1 aromatic carbocycles. The van der Waals surface area contributed by atoms with E-state index in [0.717, 1.165) is 33.9 Å². The van der Waals surface area contributed by atoms with Gasteiger partial charge < -0.3 is 9.67 Å². The molecule has 0 saturated carbocycles. The molecule has 8 heteroatoms. The highest BCUT2D eigenvalue weighted by molar-refractivity contribution is 5.76. The highest BCUT2D eigenvalue weighted by Crippen LogP contribution is 2.23. The third kappa shape index (κ3) is 3.75. The van der Waals surface area contributed by atoms with E-state index in [4.69, 9.17) is 14.9 Å². The van der Waals surface area contributed by atoms with Crippen LogP contribution in [0.1, 0.15) is 37.0 Å². The Bertz CT molecular complexity index is 1080. The molecule has 3 aromatic heterocycles. The normalized spacial score (nSPS) is 10.7. The molecule has 0 atom stereocenters. The van der Waals surface area contributed by atoms with Crippen molar-refractivity contribution in [3.8, 4) is 5.69 Å². The molecule has 0 aliphatic heterocycles. The molecule has 4 aromatic rings. The summed E-state index contributed by atoms with van der Waals surface area (Å²) in [6.07, 6.45) is 5.22. The van der Waals surface area contributed by atoms with Crippen molar-refractivity contribution in [2.24, 2.45) is 0 Å². The average molecular weight is 378 g/mol. The standard InChI is InChI=1S/C19H20N6.CH2O2/c1-13(2)19-23-15-6-4-5-7-17(15)24(19)11-18-21-12-22-25(18)16-8-9-20-10-14(16)3;2-1-3/h4-10,12-13H,11H2,1-3H3;1H,(H,2,3). The van der Waals surface area contributed by atoms with Crippen molar-refractivity contribution >= 4 is 17.5 Å². The maximum Gasteiger partial charge on any atom is 0.290 e. The minimum Gasteiger partial charge on any atom is -0.483 e. The van der Waals surface area contributed by atoms with Gasteiger partial charge in [-0.1, -0.05) is 26.0 Å². The van der Waals surface area contributed by atoms with Crippen LogP contribution in [-0.2, 0) is 11.3 Å². The van der Waals surface area contributed by atoms with E-state index in [1.54, 1.807) is 12.5 Å². The van der Waals surface area contributed by atoms with Crippen molar-refractivity contribution in [2.45, 2.75) is 33.2 Å². The first-order chi connectivity index (χ1) is 13.6. The number of carbonyl (C=O) groups is 1. The predicted octanol–water partition coefficient (Wildman–Crippen LogP) is 3.19. The zero-order valence-corrected chi connectivity index (χ0v) is 16.0. The number of benzene rings is 1. The first kappa shape index (κ1) is 19.2. The lowest BCUT2D eigenvalue weighted by Crippen LogP contribution is -2.12. The molecule has 4 rings (SSSR count). The number of para-hydroxylation sites is 2. The molecule has 8 nitrogen and oxygen atoms in total. The second kappa shape index (κ2) is 8.43. The van der Waals surface area contributed by atoms with Gasteiger partial charge >= 0.3 is 0 Å². The zero-order chi connectivity index (χ0) is 20.1. The Morgan fingerprint density at radius 3 is 2.68 bits per heavy atom. The molecule has 0 radical (unpaired) electrons. The summed E-state index contributed by atoms with van der Waals surface area (Å²) in [5, 5.41) is 11.3. The largest absolute Gasteiger partial charge is 0.483 e. The number of imidazole rings is 1. The molecule has 0 bridgehead atoms. The lowest BCUT2D eigenvalue weighted by molar-refractivity contribution is -0.122. The minimum atomic E-state index is -0.250. The number of hydrogen-bond donors (Lipinski definition) is 1. The van der Waals surface area contributed by atoms with Gasteiger partial charge in [-0.05, 0) is 30.7 Å². The van der Waals surface area contributed by atoms with Gasteiger partial charge in [0, 0.05) is 18.3 Å². The molecule has 0 aliphatic carbocycles. The zero-order valence-electron chi connectivity index (χ0n) is 16.0. The van der Waals surface area contributed by atoms with Crippen LogP contribution < -0.4 is 0 Å². The Morgan fingerprint density at radius 1 is 1.21 bits per heavy atom. The van der Waals surface area contributed by atoms with Gasteiger partial charge in [-0.25, -0.2) is 14.6 Å². The van der Waals surface area contributed by atoms with Crippen molar-refractivity contribution in [3.05, 3.63) is 66.3 Å². The van der Waals surface area contributed by atoms with Gasteiger partial charge in [0.05, 0.1) is 23.3 Å². The van der Waals surface area contributed by atoms with Gasteiger partial charge in [0.15, 0.2) is 5.82 Å². The van der Waals surface area contributed by atoms with Crippen molar-refractivity contribution in [1.82, 2.24) is 29.3 Å². The SMILES string of the molecule is Cc1cnccc1-n1ncnc1Cn1c(C(C)C)nc2ccccc21.O=CO. The number of nitrogens with zero attached hydrogens (tertiary/aromatic N) is 6. The Balaban J connectivity index is 0.000000706. The number of aryl methyl sites for hydroxylation is 1. The number of pyridine rings is 1. The van der Waals surface area contributed by atoms with Crippen LogP contribution in [0, 0.1) is 6.92 Å². The summed E-state index contributed by atoms with van der Waals surface area (Å²) < 4.78 is 4.12. The van der Waals surface area contributed by atoms with E-state index in [9.17, 15) is 0 Å². The Hall–Kier alpha value is -3.55. The molecule has 0 amide bonds. The highest BCUT2D eigenvalue weighted by Gasteiger charge is 2.17. The molecular formula is C20H22N6O2. The first-order valence-corrected chi connectivity index (χ1v) is 8.89. The summed E-state index contributed by atoms with van der Waals surface area (Å²) in [4.78, 5) is 21.8. The molecule has 0 aliphatic rings. The quantitative estimate of drug-likeness (QED) is 0.548. The van der Waals surface area contributed by atoms with Crippen LogP contribution >= 0.6 is 0 Å². The van der Waals surface area contributed by atoms with Crippen LogP contribution in [0.15, 0.2) is 49.1 Å². The van der Waals surface area contributed by atoms with Gasteiger partial charge in [0.25, 0.3) is 6.47 Å². The number of carboxylic acid groups (broad SMARTS) is 1. The van der Waals surface area contributed by atoms with E-state index in [0.29, 0.717) is 12.5 Å². The van der Waals surface area contributed by atoms with E-state index in [1.807, 2.05) is 36.0 Å². The summed E-state index contributed by atoms with van der Waals surface area (Å²) in [5.74, 6) is 2.26. The fraction of sp³-hybridized carbons (Fsp3) is 0.250. The topological polar surface area (TPSA) is 98.7 Å². The fourth-order valence-electron chi connectivity index (χ4n) is 3.12. The van der Waals surface area contributed by atoms with Crippen LogP contribution in [0.2, 0.25) is 0 Å². The summed E-state index contributed by atoms with van der Waals surface area (Å²) in [7, 11) is 0. The maximum absolute atomic E-state index is 8.36. The molecular weight excluding hydrogens is 356 g/mol. The Labute approximate surface area is 162 Å². The van der Waals surface area contributed by atoms with Gasteiger partial charge in [0.2, 0.25) is 0 Å². The maximum atomic E-state index is 8.36. The fourth-order valence-corrected chi connectivity index (χ4v) is 3.12. The van der Waals surface area contributed by atoms with E-state index in [1.165, 1.54) is 0 Å². The van der Waals surface area contributed by atoms with Gasteiger partial charge in [-0.2, -0.15) is 5.10 Å². The van der Waals surface area contributed by atoms with Crippen molar-refractivity contribution in [3.63, 3.8) is 0 Å². The lowest BCUT2D eigenvalue weighted by Gasteiger charge is -2.13. The van der Waals surface area contributed by atoms with Crippen LogP contribution in [0.4, 0.5) is 0 Å². The van der Waals surface area contributed by atoms with Crippen molar-refractivity contribution in [1.29, 1.82) is 0 Å². The summed E-state index contributed by atoms with van der Waals surface area (Å²) in [5.41, 5.74) is 4.19. The molecule has 0 unspecified atom stereocenters. The second-order valence-electron chi connectivity index (χ2n) is 6.56.